The van der Waals surface area contributed by atoms with Crippen molar-refractivity contribution in [1.82, 2.24) is 35.1 Å². The molecular formula is C20H27N7O2. The van der Waals surface area contributed by atoms with Crippen LogP contribution in [-0.4, -0.2) is 48.9 Å². The van der Waals surface area contributed by atoms with Crippen LogP contribution in [0.4, 0.5) is 4.79 Å². The van der Waals surface area contributed by atoms with Crippen molar-refractivity contribution in [3.63, 3.8) is 0 Å². The van der Waals surface area contributed by atoms with Gasteiger partial charge in [0.15, 0.2) is 0 Å². The molecule has 0 aliphatic carbocycles. The van der Waals surface area contributed by atoms with Crippen LogP contribution in [0.1, 0.15) is 61.4 Å². The monoisotopic (exact) mass is 397 g/mol. The van der Waals surface area contributed by atoms with Crippen LogP contribution in [0.15, 0.2) is 18.7 Å². The van der Waals surface area contributed by atoms with E-state index in [1.807, 2.05) is 17.8 Å². The smallest absolute Gasteiger partial charge is 0.318 e. The number of piperidine rings is 1. The van der Waals surface area contributed by atoms with Crippen molar-refractivity contribution in [2.75, 3.05) is 6.54 Å². The van der Waals surface area contributed by atoms with E-state index in [0.29, 0.717) is 25.9 Å². The zero-order valence-electron chi connectivity index (χ0n) is 17.1. The van der Waals surface area contributed by atoms with Crippen LogP contribution in [0.25, 0.3) is 0 Å². The van der Waals surface area contributed by atoms with Gasteiger partial charge >= 0.3 is 6.03 Å². The van der Waals surface area contributed by atoms with Gasteiger partial charge in [0, 0.05) is 32.1 Å². The Kier molecular flexibility index (Phi) is 5.21. The van der Waals surface area contributed by atoms with E-state index in [-0.39, 0.29) is 29.9 Å². The normalized spacial score (nSPS) is 21.7. The van der Waals surface area contributed by atoms with Crippen LogP contribution < -0.4 is 10.6 Å². The maximum Gasteiger partial charge on any atom is 0.318 e. The summed E-state index contributed by atoms with van der Waals surface area (Å²) in [5.74, 6) is 1.04. The van der Waals surface area contributed by atoms with Gasteiger partial charge in [-0.3, -0.25) is 4.79 Å². The molecule has 2 aliphatic heterocycles. The highest BCUT2D eigenvalue weighted by Crippen LogP contribution is 2.25. The molecule has 0 radical (unpaired) electrons. The maximum atomic E-state index is 13.0. The molecule has 1 saturated heterocycles. The predicted molar refractivity (Wildman–Crippen MR) is 106 cm³/mol. The molecule has 1 fully saturated rings. The van der Waals surface area contributed by atoms with E-state index < -0.39 is 0 Å². The molecule has 2 atom stereocenters. The third kappa shape index (κ3) is 3.94. The van der Waals surface area contributed by atoms with Gasteiger partial charge in [-0.05, 0) is 18.4 Å². The number of urea groups is 1. The van der Waals surface area contributed by atoms with E-state index >= 15 is 0 Å². The fourth-order valence-corrected chi connectivity index (χ4v) is 3.92. The van der Waals surface area contributed by atoms with Crippen LogP contribution in [0.5, 0.6) is 0 Å². The molecule has 0 bridgehead atoms. The van der Waals surface area contributed by atoms with Crippen LogP contribution >= 0.6 is 0 Å². The number of fused-ring (bicyclic) bond motifs is 1. The van der Waals surface area contributed by atoms with E-state index in [9.17, 15) is 9.59 Å². The second-order valence-electron chi connectivity index (χ2n) is 8.10. The van der Waals surface area contributed by atoms with Gasteiger partial charge in [-0.25, -0.2) is 19.7 Å². The lowest BCUT2D eigenvalue weighted by Crippen LogP contribution is -2.54. The highest BCUT2D eigenvalue weighted by atomic mass is 16.2. The summed E-state index contributed by atoms with van der Waals surface area (Å²) in [5, 5.41) is 6.13. The Balaban J connectivity index is 1.48. The third-order valence-electron chi connectivity index (χ3n) is 5.65. The Hall–Kier alpha value is -2.97. The average molecular weight is 397 g/mol. The van der Waals surface area contributed by atoms with E-state index in [1.165, 1.54) is 0 Å². The fourth-order valence-electron chi connectivity index (χ4n) is 3.92. The Bertz CT molecular complexity index is 923. The summed E-state index contributed by atoms with van der Waals surface area (Å²) in [6, 6.07) is -0.609. The van der Waals surface area contributed by atoms with Gasteiger partial charge in [0.1, 0.15) is 5.82 Å². The molecule has 4 rings (SSSR count). The number of amides is 3. The lowest BCUT2D eigenvalue weighted by Gasteiger charge is -2.35. The summed E-state index contributed by atoms with van der Waals surface area (Å²) in [6.07, 6.45) is 7.06. The number of nitrogens with one attached hydrogen (secondary N) is 2. The second kappa shape index (κ2) is 7.81. The molecule has 29 heavy (non-hydrogen) atoms. The first-order valence-electron chi connectivity index (χ1n) is 10.1. The van der Waals surface area contributed by atoms with Crippen LogP contribution in [-0.2, 0) is 24.8 Å². The van der Waals surface area contributed by atoms with Crippen molar-refractivity contribution in [3.8, 4) is 0 Å². The second-order valence-corrected chi connectivity index (χ2v) is 8.10. The first kappa shape index (κ1) is 19.4. The van der Waals surface area contributed by atoms with E-state index in [1.54, 1.807) is 17.4 Å². The van der Waals surface area contributed by atoms with Gasteiger partial charge in [-0.1, -0.05) is 13.8 Å². The first-order valence-corrected chi connectivity index (χ1v) is 10.1. The molecule has 0 aromatic carbocycles. The minimum absolute atomic E-state index is 0.00786. The molecule has 9 heteroatoms. The lowest BCUT2D eigenvalue weighted by atomic mass is 9.95. The van der Waals surface area contributed by atoms with E-state index in [4.69, 9.17) is 0 Å². The Morgan fingerprint density at radius 1 is 1.31 bits per heavy atom. The van der Waals surface area contributed by atoms with Crippen molar-refractivity contribution >= 4 is 11.9 Å². The molecule has 3 amide bonds. The number of nitrogens with zero attached hydrogens (tertiary/aromatic N) is 5. The van der Waals surface area contributed by atoms with Gasteiger partial charge in [-0.15, -0.1) is 0 Å². The fraction of sp³-hybridized carbons (Fsp3) is 0.550. The topological polar surface area (TPSA) is 105 Å². The number of hydrogen-bond donors (Lipinski definition) is 2. The lowest BCUT2D eigenvalue weighted by molar-refractivity contribution is -0.123. The van der Waals surface area contributed by atoms with Crippen molar-refractivity contribution in [3.05, 3.63) is 41.5 Å². The molecule has 0 unspecified atom stereocenters. The number of hydrogen-bond acceptors (Lipinski definition) is 5. The van der Waals surface area contributed by atoms with Crippen molar-refractivity contribution in [2.45, 2.75) is 57.7 Å². The zero-order chi connectivity index (χ0) is 20.5. The highest BCUT2D eigenvalue weighted by molar-refractivity contribution is 5.79. The average Bonchev–Trinajstić information content (AvgIpc) is 3.14. The molecule has 0 saturated carbocycles. The number of rotatable bonds is 3. The summed E-state index contributed by atoms with van der Waals surface area (Å²) >= 11 is 0. The summed E-state index contributed by atoms with van der Waals surface area (Å²) in [4.78, 5) is 40.0. The van der Waals surface area contributed by atoms with Crippen molar-refractivity contribution < 1.29 is 9.59 Å². The van der Waals surface area contributed by atoms with Crippen molar-refractivity contribution in [1.29, 1.82) is 0 Å². The number of carbonyl (C=O) groups excluding carboxylic acids is 2. The van der Waals surface area contributed by atoms with Crippen LogP contribution in [0.2, 0.25) is 0 Å². The van der Waals surface area contributed by atoms with Crippen LogP contribution in [0, 0.1) is 0 Å². The molecule has 2 aromatic heterocycles. The Labute approximate surface area is 169 Å². The molecule has 2 aliphatic rings. The minimum Gasteiger partial charge on any atom is -0.346 e. The summed E-state index contributed by atoms with van der Waals surface area (Å²) < 4.78 is 1.87. The number of imidazole rings is 1. The Morgan fingerprint density at radius 3 is 2.86 bits per heavy atom. The van der Waals surface area contributed by atoms with Crippen LogP contribution in [0.3, 0.4) is 0 Å². The maximum absolute atomic E-state index is 13.0. The largest absolute Gasteiger partial charge is 0.346 e. The van der Waals surface area contributed by atoms with Gasteiger partial charge in [0.2, 0.25) is 5.91 Å². The summed E-state index contributed by atoms with van der Waals surface area (Å²) in [7, 11) is 1.88. The number of aryl methyl sites for hydroxylation is 1. The molecular weight excluding hydrogens is 370 g/mol. The zero-order valence-corrected chi connectivity index (χ0v) is 17.1. The quantitative estimate of drug-likeness (QED) is 0.815. The highest BCUT2D eigenvalue weighted by Gasteiger charge is 2.34. The summed E-state index contributed by atoms with van der Waals surface area (Å²) in [5.41, 5.74) is 2.91. The molecule has 2 aromatic rings. The molecule has 9 nitrogen and oxygen atoms in total. The molecule has 2 N–H and O–H groups in total. The molecule has 154 valence electrons. The SMILES string of the molecule is CC(C)c1ncc2c(n1)CN(C(=O)N[C@@H]1CCC(=O)N[C@H]1c1cncn1C)CC2. The minimum atomic E-state index is -0.292. The van der Waals surface area contributed by atoms with Crippen molar-refractivity contribution in [2.24, 2.45) is 7.05 Å². The summed E-state index contributed by atoms with van der Waals surface area (Å²) in [6.45, 7) is 5.22. The Morgan fingerprint density at radius 2 is 2.14 bits per heavy atom. The van der Waals surface area contributed by atoms with Gasteiger partial charge in [-0.2, -0.15) is 0 Å². The van der Waals surface area contributed by atoms with Gasteiger partial charge in [0.25, 0.3) is 0 Å². The predicted octanol–water partition coefficient (Wildman–Crippen LogP) is 1.42. The van der Waals surface area contributed by atoms with Gasteiger partial charge < -0.3 is 20.1 Å². The first-order chi connectivity index (χ1) is 13.9. The standard InChI is InChI=1S/C20H27N7O2/c1-12(2)19-22-8-13-6-7-27(10-15(13)23-19)20(29)24-14-4-5-17(28)25-18(14)16-9-21-11-26(16)3/h8-9,11-12,14,18H,4-7,10H2,1-3H3,(H,24,29)(H,25,28)/t14-,18-/m1/s1. The van der Waals surface area contributed by atoms with E-state index in [2.05, 4.69) is 39.4 Å². The number of carbonyl (C=O) groups is 2. The van der Waals surface area contributed by atoms with Gasteiger partial charge in [0.05, 0.1) is 42.5 Å². The molecule has 0 spiro atoms. The van der Waals surface area contributed by atoms with E-state index in [0.717, 1.165) is 29.2 Å². The number of aromatic nitrogens is 4. The molecule has 4 heterocycles. The third-order valence-corrected chi connectivity index (χ3v) is 5.65.